The lowest BCUT2D eigenvalue weighted by Crippen LogP contribution is -2.54. The topological polar surface area (TPSA) is 64.8 Å². The lowest BCUT2D eigenvalue weighted by molar-refractivity contribution is -0.0996. The molecule has 0 aliphatic carbocycles. The smallest absolute Gasteiger partial charge is 0.276 e. The third-order valence-electron chi connectivity index (χ3n) is 4.77. The lowest BCUT2D eigenvalue weighted by atomic mass is 10.0. The molecule has 0 radical (unpaired) electrons. The molecule has 1 unspecified atom stereocenters. The number of benzene rings is 1. The molecule has 2 aliphatic heterocycles. The van der Waals surface area contributed by atoms with Crippen molar-refractivity contribution in [3.8, 4) is 11.5 Å². The Morgan fingerprint density at radius 2 is 2.12 bits per heavy atom. The molecule has 3 heterocycles. The van der Waals surface area contributed by atoms with Gasteiger partial charge in [0.15, 0.2) is 5.69 Å². The summed E-state index contributed by atoms with van der Waals surface area (Å²) in [6.45, 7) is 4.42. The van der Waals surface area contributed by atoms with Crippen LogP contribution in [0.4, 0.5) is 0 Å². The van der Waals surface area contributed by atoms with E-state index in [9.17, 15) is 4.79 Å². The number of halogens is 2. The number of carbonyl (C=O) groups is 1. The quantitative estimate of drug-likeness (QED) is 0.775. The van der Waals surface area contributed by atoms with Crippen LogP contribution in [0, 0.1) is 6.92 Å². The zero-order valence-electron chi connectivity index (χ0n) is 14.3. The largest absolute Gasteiger partial charge is 0.441 e. The van der Waals surface area contributed by atoms with Crippen molar-refractivity contribution in [2.24, 2.45) is 0 Å². The van der Waals surface area contributed by atoms with Gasteiger partial charge in [-0.15, -0.1) is 0 Å². The van der Waals surface area contributed by atoms with Crippen molar-refractivity contribution < 1.29 is 18.7 Å². The second kappa shape index (κ2) is 6.85. The summed E-state index contributed by atoms with van der Waals surface area (Å²) in [4.78, 5) is 19.2. The highest BCUT2D eigenvalue weighted by Gasteiger charge is 2.42. The summed E-state index contributed by atoms with van der Waals surface area (Å²) in [6.07, 6.45) is 0.795. The van der Waals surface area contributed by atoms with E-state index < -0.39 is 5.60 Å². The minimum Gasteiger partial charge on any atom is -0.441 e. The third kappa shape index (κ3) is 3.22. The predicted molar refractivity (Wildman–Crippen MR) is 96.7 cm³/mol. The molecular weight excluding hydrogens is 379 g/mol. The maximum atomic E-state index is 13.0. The van der Waals surface area contributed by atoms with Gasteiger partial charge >= 0.3 is 0 Å². The minimum absolute atomic E-state index is 0.160. The van der Waals surface area contributed by atoms with Crippen LogP contribution < -0.4 is 0 Å². The Kier molecular flexibility index (Phi) is 4.69. The summed E-state index contributed by atoms with van der Waals surface area (Å²) in [6, 6.07) is 5.10. The van der Waals surface area contributed by atoms with Gasteiger partial charge < -0.3 is 18.8 Å². The number of carbonyl (C=O) groups excluding carboxylic acids is 1. The molecule has 138 valence electrons. The SMILES string of the molecule is Cc1oc(-c2ccc(Cl)c(Cl)c2)nc1C(=O)N1CCOC2(CCOC2)C1. The van der Waals surface area contributed by atoms with Gasteiger partial charge in [0.2, 0.25) is 5.89 Å². The number of rotatable bonds is 2. The fraction of sp³-hybridized carbons (Fsp3) is 0.444. The summed E-state index contributed by atoms with van der Waals surface area (Å²) >= 11 is 12.0. The number of nitrogens with zero attached hydrogens (tertiary/aromatic N) is 2. The van der Waals surface area contributed by atoms with Crippen LogP contribution in [0.2, 0.25) is 10.0 Å². The number of oxazole rings is 1. The highest BCUT2D eigenvalue weighted by atomic mass is 35.5. The van der Waals surface area contributed by atoms with Gasteiger partial charge in [0.1, 0.15) is 11.4 Å². The van der Waals surface area contributed by atoms with E-state index in [-0.39, 0.29) is 5.91 Å². The van der Waals surface area contributed by atoms with Crippen LogP contribution in [-0.4, -0.2) is 54.3 Å². The molecule has 0 saturated carbocycles. The highest BCUT2D eigenvalue weighted by Crippen LogP contribution is 2.31. The molecule has 2 aliphatic rings. The first kappa shape index (κ1) is 17.8. The van der Waals surface area contributed by atoms with Crippen molar-refractivity contribution in [2.45, 2.75) is 18.9 Å². The highest BCUT2D eigenvalue weighted by molar-refractivity contribution is 6.42. The standard InChI is InChI=1S/C18H18Cl2N2O4/c1-11-15(21-16(26-11)12-2-3-13(19)14(20)8-12)17(23)22-5-7-25-18(9-22)4-6-24-10-18/h2-3,8H,4-7,9-10H2,1H3. The molecule has 1 atom stereocenters. The van der Waals surface area contributed by atoms with Gasteiger partial charge in [-0.2, -0.15) is 0 Å². The lowest BCUT2D eigenvalue weighted by Gasteiger charge is -2.39. The second-order valence-corrected chi connectivity index (χ2v) is 7.43. The molecule has 0 bridgehead atoms. The molecule has 2 saturated heterocycles. The minimum atomic E-state index is -0.391. The Morgan fingerprint density at radius 3 is 2.85 bits per heavy atom. The molecule has 1 aromatic heterocycles. The molecule has 1 amide bonds. The number of aryl methyl sites for hydroxylation is 1. The Labute approximate surface area is 161 Å². The van der Waals surface area contributed by atoms with Gasteiger partial charge in [0.25, 0.3) is 5.91 Å². The van der Waals surface area contributed by atoms with Crippen molar-refractivity contribution in [3.05, 3.63) is 39.7 Å². The summed E-state index contributed by atoms with van der Waals surface area (Å²) in [5, 5.41) is 0.858. The molecule has 8 heteroatoms. The number of hydrogen-bond donors (Lipinski definition) is 0. The average molecular weight is 397 g/mol. The Morgan fingerprint density at radius 1 is 1.27 bits per heavy atom. The first-order chi connectivity index (χ1) is 12.5. The van der Waals surface area contributed by atoms with Crippen molar-refractivity contribution >= 4 is 29.1 Å². The normalized spacial score (nSPS) is 23.0. The first-order valence-corrected chi connectivity index (χ1v) is 9.17. The first-order valence-electron chi connectivity index (χ1n) is 8.41. The molecule has 2 fully saturated rings. The Hall–Kier alpha value is -1.60. The van der Waals surface area contributed by atoms with Gasteiger partial charge in [-0.25, -0.2) is 4.98 Å². The van der Waals surface area contributed by atoms with Crippen molar-refractivity contribution in [3.63, 3.8) is 0 Å². The van der Waals surface area contributed by atoms with Crippen molar-refractivity contribution in [1.82, 2.24) is 9.88 Å². The molecule has 1 spiro atoms. The second-order valence-electron chi connectivity index (χ2n) is 6.61. The number of amides is 1. The summed E-state index contributed by atoms with van der Waals surface area (Å²) in [5.41, 5.74) is 0.587. The van der Waals surface area contributed by atoms with Crippen LogP contribution in [0.25, 0.3) is 11.5 Å². The van der Waals surface area contributed by atoms with E-state index >= 15 is 0 Å². The van der Waals surface area contributed by atoms with Crippen LogP contribution >= 0.6 is 23.2 Å². The maximum absolute atomic E-state index is 13.0. The summed E-state index contributed by atoms with van der Waals surface area (Å²) in [7, 11) is 0. The zero-order valence-corrected chi connectivity index (χ0v) is 15.8. The maximum Gasteiger partial charge on any atom is 0.276 e. The molecular formula is C18H18Cl2N2O4. The van der Waals surface area contributed by atoms with E-state index in [0.717, 1.165) is 6.42 Å². The predicted octanol–water partition coefficient (Wildman–Crippen LogP) is 3.59. The molecule has 2 aromatic rings. The van der Waals surface area contributed by atoms with Gasteiger partial charge in [0.05, 0.1) is 29.8 Å². The van der Waals surface area contributed by atoms with Crippen molar-refractivity contribution in [1.29, 1.82) is 0 Å². The Bertz CT molecular complexity index is 846. The van der Waals surface area contributed by atoms with E-state index in [0.29, 0.717) is 65.9 Å². The molecule has 6 nitrogen and oxygen atoms in total. The van der Waals surface area contributed by atoms with E-state index in [2.05, 4.69) is 4.98 Å². The number of hydrogen-bond acceptors (Lipinski definition) is 5. The average Bonchev–Trinajstić information content (AvgIpc) is 3.23. The van der Waals surface area contributed by atoms with Crippen LogP contribution in [0.3, 0.4) is 0 Å². The summed E-state index contributed by atoms with van der Waals surface area (Å²) in [5.74, 6) is 0.656. The van der Waals surface area contributed by atoms with Gasteiger partial charge in [0, 0.05) is 25.1 Å². The van der Waals surface area contributed by atoms with Gasteiger partial charge in [-0.1, -0.05) is 23.2 Å². The number of morpholine rings is 1. The molecule has 4 rings (SSSR count). The Balaban J connectivity index is 1.58. The van der Waals surface area contributed by atoms with E-state index in [1.54, 1.807) is 30.0 Å². The monoisotopic (exact) mass is 396 g/mol. The number of ether oxygens (including phenoxy) is 2. The third-order valence-corrected chi connectivity index (χ3v) is 5.51. The molecule has 26 heavy (non-hydrogen) atoms. The molecule has 0 N–H and O–H groups in total. The molecule has 1 aromatic carbocycles. The van der Waals surface area contributed by atoms with Crippen LogP contribution in [0.15, 0.2) is 22.6 Å². The van der Waals surface area contributed by atoms with Crippen molar-refractivity contribution in [2.75, 3.05) is 32.9 Å². The van der Waals surface area contributed by atoms with Gasteiger partial charge in [-0.05, 0) is 25.1 Å². The van der Waals surface area contributed by atoms with Crippen LogP contribution in [0.1, 0.15) is 22.7 Å². The van der Waals surface area contributed by atoms with Gasteiger partial charge in [-0.3, -0.25) is 4.79 Å². The summed E-state index contributed by atoms with van der Waals surface area (Å²) < 4.78 is 17.0. The van der Waals surface area contributed by atoms with E-state index in [1.807, 2.05) is 0 Å². The van der Waals surface area contributed by atoms with Crippen LogP contribution in [0.5, 0.6) is 0 Å². The number of aromatic nitrogens is 1. The fourth-order valence-corrected chi connectivity index (χ4v) is 3.64. The van der Waals surface area contributed by atoms with E-state index in [4.69, 9.17) is 37.1 Å². The zero-order chi connectivity index (χ0) is 18.3. The fourth-order valence-electron chi connectivity index (χ4n) is 3.34. The van der Waals surface area contributed by atoms with Crippen LogP contribution in [-0.2, 0) is 9.47 Å². The van der Waals surface area contributed by atoms with E-state index in [1.165, 1.54) is 0 Å².